The Hall–Kier alpha value is -2.17. The van der Waals surface area contributed by atoms with Crippen LogP contribution >= 0.6 is 0 Å². The molecule has 5 heteroatoms. The van der Waals surface area contributed by atoms with E-state index in [0.29, 0.717) is 5.56 Å². The zero-order valence-corrected chi connectivity index (χ0v) is 10.4. The Balaban J connectivity index is 2.10. The molecule has 2 aromatic rings. The van der Waals surface area contributed by atoms with Gasteiger partial charge in [0.2, 0.25) is 6.33 Å². The average molecular weight is 244 g/mol. The van der Waals surface area contributed by atoms with Gasteiger partial charge in [0.1, 0.15) is 6.54 Å². The van der Waals surface area contributed by atoms with E-state index in [9.17, 15) is 5.11 Å². The molecule has 0 aliphatic rings. The van der Waals surface area contributed by atoms with Gasteiger partial charge in [-0.1, -0.05) is 43.7 Å². The van der Waals surface area contributed by atoms with Crippen molar-refractivity contribution in [1.29, 1.82) is 0 Å². The van der Waals surface area contributed by atoms with Gasteiger partial charge in [-0.3, -0.25) is 0 Å². The van der Waals surface area contributed by atoms with Crippen molar-refractivity contribution in [2.45, 2.75) is 26.3 Å². The molecule has 0 atom stereocenters. The van der Waals surface area contributed by atoms with Gasteiger partial charge in [0, 0.05) is 11.0 Å². The van der Waals surface area contributed by atoms with Crippen LogP contribution in [0.25, 0.3) is 0 Å². The van der Waals surface area contributed by atoms with Gasteiger partial charge in [-0.2, -0.15) is 0 Å². The van der Waals surface area contributed by atoms with Crippen LogP contribution < -0.4 is 9.78 Å². The fraction of sp³-hybridized carbons (Fsp3) is 0.308. The summed E-state index contributed by atoms with van der Waals surface area (Å²) >= 11 is 0. The molecule has 0 N–H and O–H groups in total. The minimum atomic E-state index is -0.268. The van der Waals surface area contributed by atoms with Crippen LogP contribution in [0.15, 0.2) is 48.1 Å². The summed E-state index contributed by atoms with van der Waals surface area (Å²) < 4.78 is 3.23. The van der Waals surface area contributed by atoms with Crippen molar-refractivity contribution in [3.63, 3.8) is 0 Å². The van der Waals surface area contributed by atoms with Crippen LogP contribution in [-0.2, 0) is 6.54 Å². The second kappa shape index (κ2) is 5.95. The normalized spacial score (nSPS) is 11.7. The lowest BCUT2D eigenvalue weighted by atomic mass is 10.2. The predicted octanol–water partition coefficient (Wildman–Crippen LogP) is 0.541. The monoisotopic (exact) mass is 244 g/mol. The molecular weight excluding hydrogens is 228 g/mol. The fourth-order valence-electron chi connectivity index (χ4n) is 1.55. The first-order valence-corrected chi connectivity index (χ1v) is 6.04. The lowest BCUT2D eigenvalue weighted by Gasteiger charge is -2.07. The SMILES string of the molecule is CCCCn1c[n+](/N=C(\[O-])c2ccccc2)cn1. The minimum absolute atomic E-state index is 0.268. The molecule has 1 aromatic heterocycles. The highest BCUT2D eigenvalue weighted by atomic mass is 16.3. The third-order valence-electron chi connectivity index (χ3n) is 2.54. The summed E-state index contributed by atoms with van der Waals surface area (Å²) in [7, 11) is 0. The van der Waals surface area contributed by atoms with E-state index in [-0.39, 0.29) is 5.90 Å². The fourth-order valence-corrected chi connectivity index (χ4v) is 1.55. The highest BCUT2D eigenvalue weighted by Gasteiger charge is 2.03. The molecule has 0 unspecified atom stereocenters. The van der Waals surface area contributed by atoms with Gasteiger partial charge >= 0.3 is 0 Å². The van der Waals surface area contributed by atoms with Crippen LogP contribution in [0.1, 0.15) is 25.3 Å². The van der Waals surface area contributed by atoms with Crippen molar-refractivity contribution in [2.24, 2.45) is 5.10 Å². The third-order valence-corrected chi connectivity index (χ3v) is 2.54. The maximum atomic E-state index is 11.8. The highest BCUT2D eigenvalue weighted by Crippen LogP contribution is 1.96. The summed E-state index contributed by atoms with van der Waals surface area (Å²) in [5, 5.41) is 19.9. The van der Waals surface area contributed by atoms with Crippen LogP contribution in [0.2, 0.25) is 0 Å². The van der Waals surface area contributed by atoms with Gasteiger partial charge in [-0.05, 0) is 12.0 Å². The smallest absolute Gasteiger partial charge is 0.288 e. The van der Waals surface area contributed by atoms with Gasteiger partial charge in [0.15, 0.2) is 0 Å². The Morgan fingerprint density at radius 1 is 1.39 bits per heavy atom. The topological polar surface area (TPSA) is 57.1 Å². The van der Waals surface area contributed by atoms with E-state index >= 15 is 0 Å². The third kappa shape index (κ3) is 3.16. The van der Waals surface area contributed by atoms with E-state index in [1.165, 1.54) is 11.0 Å². The Bertz CT molecular complexity index is 519. The average Bonchev–Trinajstić information content (AvgIpc) is 2.85. The van der Waals surface area contributed by atoms with Crippen molar-refractivity contribution in [2.75, 3.05) is 0 Å². The molecule has 0 aliphatic carbocycles. The van der Waals surface area contributed by atoms with Crippen LogP contribution in [-0.4, -0.2) is 15.7 Å². The Labute approximate surface area is 106 Å². The lowest BCUT2D eigenvalue weighted by molar-refractivity contribution is -0.682. The van der Waals surface area contributed by atoms with Crippen molar-refractivity contribution in [3.05, 3.63) is 48.5 Å². The molecule has 1 aromatic carbocycles. The second-order valence-corrected chi connectivity index (χ2v) is 4.01. The molecule has 0 aliphatic heterocycles. The Morgan fingerprint density at radius 2 is 2.17 bits per heavy atom. The number of aryl methyl sites for hydroxylation is 1. The molecule has 1 heterocycles. The summed E-state index contributed by atoms with van der Waals surface area (Å²) in [5.74, 6) is -0.268. The van der Waals surface area contributed by atoms with E-state index in [1.807, 2.05) is 18.2 Å². The second-order valence-electron chi connectivity index (χ2n) is 4.01. The standard InChI is InChI=1S/C13H16N4O/c1-2-3-9-16-11-17(10-14-16)15-13(18)12-7-5-4-6-8-12/h4-8,10-11H,2-3,9H2,1H3. The number of aromatic nitrogens is 3. The summed E-state index contributed by atoms with van der Waals surface area (Å²) in [5.41, 5.74) is 0.575. The minimum Gasteiger partial charge on any atom is -0.856 e. The van der Waals surface area contributed by atoms with E-state index in [4.69, 9.17) is 0 Å². The number of unbranched alkanes of at least 4 members (excludes halogenated alkanes) is 1. The first-order chi connectivity index (χ1) is 8.79. The summed E-state index contributed by atoms with van der Waals surface area (Å²) in [4.78, 5) is 0. The largest absolute Gasteiger partial charge is 0.856 e. The molecule has 5 nitrogen and oxygen atoms in total. The molecule has 0 amide bonds. The number of hydrogen-bond acceptors (Lipinski definition) is 3. The number of nitrogens with zero attached hydrogens (tertiary/aromatic N) is 4. The van der Waals surface area contributed by atoms with Crippen LogP contribution in [0, 0.1) is 0 Å². The molecule has 94 valence electrons. The van der Waals surface area contributed by atoms with Crippen LogP contribution in [0.3, 0.4) is 0 Å². The predicted molar refractivity (Wildman–Crippen MR) is 65.7 cm³/mol. The number of benzene rings is 1. The van der Waals surface area contributed by atoms with E-state index in [0.717, 1.165) is 19.4 Å². The maximum absolute atomic E-state index is 11.8. The zero-order chi connectivity index (χ0) is 12.8. The zero-order valence-electron chi connectivity index (χ0n) is 10.4. The quantitative estimate of drug-likeness (QED) is 0.438. The first kappa shape index (κ1) is 12.3. The highest BCUT2D eigenvalue weighted by molar-refractivity contribution is 5.89. The molecule has 0 saturated carbocycles. The van der Waals surface area contributed by atoms with Gasteiger partial charge in [-0.15, -0.1) is 14.5 Å². The van der Waals surface area contributed by atoms with Gasteiger partial charge in [0.25, 0.3) is 6.33 Å². The van der Waals surface area contributed by atoms with Gasteiger partial charge in [-0.25, -0.2) is 0 Å². The molecule has 0 radical (unpaired) electrons. The van der Waals surface area contributed by atoms with Crippen LogP contribution in [0.5, 0.6) is 0 Å². The van der Waals surface area contributed by atoms with Gasteiger partial charge in [0.05, 0.1) is 0 Å². The number of hydrogen-bond donors (Lipinski definition) is 0. The molecular formula is C13H16N4O. The van der Waals surface area contributed by atoms with Crippen molar-refractivity contribution in [3.8, 4) is 0 Å². The van der Waals surface area contributed by atoms with Crippen molar-refractivity contribution >= 4 is 5.90 Å². The Kier molecular flexibility index (Phi) is 4.06. The summed E-state index contributed by atoms with van der Waals surface area (Å²) in [6.07, 6.45) is 5.43. The summed E-state index contributed by atoms with van der Waals surface area (Å²) in [6, 6.07) is 8.99. The maximum Gasteiger partial charge on any atom is 0.288 e. The first-order valence-electron chi connectivity index (χ1n) is 6.04. The van der Waals surface area contributed by atoms with E-state index in [2.05, 4.69) is 17.1 Å². The number of rotatable bonds is 5. The molecule has 0 fully saturated rings. The van der Waals surface area contributed by atoms with E-state index < -0.39 is 0 Å². The molecule has 0 bridgehead atoms. The van der Waals surface area contributed by atoms with E-state index in [1.54, 1.807) is 23.1 Å². The molecule has 2 rings (SSSR count). The summed E-state index contributed by atoms with van der Waals surface area (Å²) in [6.45, 7) is 2.97. The molecule has 0 saturated heterocycles. The van der Waals surface area contributed by atoms with Crippen LogP contribution in [0.4, 0.5) is 0 Å². The van der Waals surface area contributed by atoms with Gasteiger partial charge < -0.3 is 5.11 Å². The lowest BCUT2D eigenvalue weighted by Crippen LogP contribution is -2.32. The molecule has 18 heavy (non-hydrogen) atoms. The molecule has 0 spiro atoms. The Morgan fingerprint density at radius 3 is 2.89 bits per heavy atom. The van der Waals surface area contributed by atoms with Crippen molar-refractivity contribution in [1.82, 2.24) is 9.78 Å². The van der Waals surface area contributed by atoms with Crippen molar-refractivity contribution < 1.29 is 9.78 Å².